The highest BCUT2D eigenvalue weighted by atomic mass is 16.3. The predicted molar refractivity (Wildman–Crippen MR) is 60.6 cm³/mol. The van der Waals surface area contributed by atoms with E-state index in [1.807, 2.05) is 0 Å². The molecule has 1 aromatic rings. The fourth-order valence-electron chi connectivity index (χ4n) is 1.84. The zero-order valence-electron chi connectivity index (χ0n) is 9.98. The number of hydrogen-bond acceptors (Lipinski definition) is 4. The Kier molecular flexibility index (Phi) is 2.99. The fourth-order valence-corrected chi connectivity index (χ4v) is 1.84. The van der Waals surface area contributed by atoms with Crippen molar-refractivity contribution in [3.8, 4) is 0 Å². The van der Waals surface area contributed by atoms with Gasteiger partial charge in [-0.15, -0.1) is 5.10 Å². The highest BCUT2D eigenvalue weighted by molar-refractivity contribution is 5.12. The Morgan fingerprint density at radius 3 is 2.69 bits per heavy atom. The van der Waals surface area contributed by atoms with Gasteiger partial charge in [-0.2, -0.15) is 0 Å². The van der Waals surface area contributed by atoms with Gasteiger partial charge in [0.2, 0.25) is 0 Å². The Balaban J connectivity index is 2.18. The summed E-state index contributed by atoms with van der Waals surface area (Å²) in [7, 11) is 0. The number of aromatic nitrogens is 3. The van der Waals surface area contributed by atoms with Crippen molar-refractivity contribution in [3.05, 3.63) is 11.4 Å². The third-order valence-electron chi connectivity index (χ3n) is 2.83. The molecule has 3 N–H and O–H groups in total. The first-order valence-corrected chi connectivity index (χ1v) is 5.83. The molecule has 0 bridgehead atoms. The van der Waals surface area contributed by atoms with Gasteiger partial charge in [-0.25, -0.2) is 4.68 Å². The molecule has 90 valence electrons. The van der Waals surface area contributed by atoms with Crippen LogP contribution in [0.4, 0.5) is 0 Å². The van der Waals surface area contributed by atoms with E-state index in [1.54, 1.807) is 18.5 Å². The first kappa shape index (κ1) is 11.5. The zero-order chi connectivity index (χ0) is 11.8. The van der Waals surface area contributed by atoms with Crippen molar-refractivity contribution in [1.29, 1.82) is 0 Å². The van der Waals surface area contributed by atoms with Crippen molar-refractivity contribution < 1.29 is 5.11 Å². The quantitative estimate of drug-likeness (QED) is 0.761. The summed E-state index contributed by atoms with van der Waals surface area (Å²) in [6.45, 7) is 4.45. The van der Waals surface area contributed by atoms with Crippen LogP contribution < -0.4 is 5.73 Å². The smallest absolute Gasteiger partial charge is 0.0994 e. The van der Waals surface area contributed by atoms with Gasteiger partial charge >= 0.3 is 0 Å². The van der Waals surface area contributed by atoms with Crippen LogP contribution in [-0.4, -0.2) is 25.7 Å². The summed E-state index contributed by atoms with van der Waals surface area (Å²) in [5, 5.41) is 18.0. The second kappa shape index (κ2) is 4.14. The maximum absolute atomic E-state index is 9.81. The van der Waals surface area contributed by atoms with E-state index in [0.29, 0.717) is 13.1 Å². The maximum Gasteiger partial charge on any atom is 0.0994 e. The summed E-state index contributed by atoms with van der Waals surface area (Å²) in [5.74, 6) is 0.768. The van der Waals surface area contributed by atoms with Gasteiger partial charge in [0.15, 0.2) is 0 Å². The van der Waals surface area contributed by atoms with E-state index in [0.717, 1.165) is 23.7 Å². The van der Waals surface area contributed by atoms with Crippen LogP contribution in [-0.2, 0) is 19.5 Å². The average Bonchev–Trinajstić information content (AvgIpc) is 2.90. The molecule has 0 radical (unpaired) electrons. The number of nitrogens with two attached hydrogens (primary N) is 1. The molecule has 5 nitrogen and oxygen atoms in total. The lowest BCUT2D eigenvalue weighted by molar-refractivity contribution is 0.0561. The summed E-state index contributed by atoms with van der Waals surface area (Å²) in [5.41, 5.74) is 6.85. The van der Waals surface area contributed by atoms with Crippen molar-refractivity contribution in [2.45, 2.75) is 51.8 Å². The van der Waals surface area contributed by atoms with E-state index in [4.69, 9.17) is 5.73 Å². The molecule has 0 atom stereocenters. The molecular formula is C11H20N4O. The van der Waals surface area contributed by atoms with E-state index >= 15 is 0 Å². The molecular weight excluding hydrogens is 204 g/mol. The number of nitrogens with zero attached hydrogens (tertiary/aromatic N) is 3. The van der Waals surface area contributed by atoms with Crippen LogP contribution in [0.15, 0.2) is 0 Å². The van der Waals surface area contributed by atoms with Gasteiger partial charge in [0.25, 0.3) is 0 Å². The van der Waals surface area contributed by atoms with Crippen LogP contribution in [0.1, 0.15) is 38.1 Å². The molecule has 1 saturated carbocycles. The third kappa shape index (κ3) is 2.80. The van der Waals surface area contributed by atoms with Crippen LogP contribution in [0.5, 0.6) is 0 Å². The maximum atomic E-state index is 9.81. The molecule has 0 aliphatic heterocycles. The normalized spacial score (nSPS) is 16.8. The summed E-state index contributed by atoms with van der Waals surface area (Å²) >= 11 is 0. The molecule has 5 heteroatoms. The molecule has 1 aromatic heterocycles. The van der Waals surface area contributed by atoms with Gasteiger partial charge in [-0.05, 0) is 39.0 Å². The predicted octanol–water partition coefficient (Wildman–Crippen LogP) is 0.460. The molecule has 0 saturated heterocycles. The zero-order valence-corrected chi connectivity index (χ0v) is 9.98. The van der Waals surface area contributed by atoms with E-state index < -0.39 is 5.60 Å². The van der Waals surface area contributed by atoms with Gasteiger partial charge < -0.3 is 10.8 Å². The van der Waals surface area contributed by atoms with E-state index in [9.17, 15) is 5.11 Å². The van der Waals surface area contributed by atoms with Crippen molar-refractivity contribution in [1.82, 2.24) is 15.0 Å². The third-order valence-corrected chi connectivity index (χ3v) is 2.83. The standard InChI is InChI=1S/C11H20N4O/c1-11(2,16)7-15-10(5-8-3-4-8)9(6-12)13-14-15/h8,16H,3-7,12H2,1-2H3. The second-order valence-corrected chi connectivity index (χ2v) is 5.30. The Morgan fingerprint density at radius 2 is 2.19 bits per heavy atom. The molecule has 2 rings (SSSR count). The highest BCUT2D eigenvalue weighted by Gasteiger charge is 2.27. The minimum atomic E-state index is -0.766. The SMILES string of the molecule is CC(C)(O)Cn1nnc(CN)c1CC1CC1. The molecule has 1 aliphatic carbocycles. The summed E-state index contributed by atoms with van der Waals surface area (Å²) in [6.07, 6.45) is 3.57. The molecule has 0 unspecified atom stereocenters. The highest BCUT2D eigenvalue weighted by Crippen LogP contribution is 2.33. The van der Waals surface area contributed by atoms with Crippen LogP contribution in [0.3, 0.4) is 0 Å². The largest absolute Gasteiger partial charge is 0.389 e. The van der Waals surface area contributed by atoms with Crippen molar-refractivity contribution in [2.24, 2.45) is 11.7 Å². The first-order chi connectivity index (χ1) is 7.49. The fraction of sp³-hybridized carbons (Fsp3) is 0.818. The Morgan fingerprint density at radius 1 is 1.50 bits per heavy atom. The molecule has 1 heterocycles. The van der Waals surface area contributed by atoms with Crippen LogP contribution in [0.2, 0.25) is 0 Å². The monoisotopic (exact) mass is 224 g/mol. The molecule has 16 heavy (non-hydrogen) atoms. The van der Waals surface area contributed by atoms with Crippen molar-refractivity contribution in [2.75, 3.05) is 0 Å². The Bertz CT molecular complexity index is 363. The molecule has 1 fully saturated rings. The minimum Gasteiger partial charge on any atom is -0.389 e. The Labute approximate surface area is 95.6 Å². The average molecular weight is 224 g/mol. The van der Waals surface area contributed by atoms with Gasteiger partial charge in [-0.3, -0.25) is 0 Å². The van der Waals surface area contributed by atoms with Gasteiger partial charge in [0, 0.05) is 6.54 Å². The van der Waals surface area contributed by atoms with Gasteiger partial charge in [0.1, 0.15) is 0 Å². The topological polar surface area (TPSA) is 77.0 Å². The number of rotatable bonds is 5. The summed E-state index contributed by atoms with van der Waals surface area (Å²) in [6, 6.07) is 0. The second-order valence-electron chi connectivity index (χ2n) is 5.30. The van der Waals surface area contributed by atoms with Gasteiger partial charge in [0.05, 0.1) is 23.5 Å². The lowest BCUT2D eigenvalue weighted by Gasteiger charge is -2.18. The number of hydrogen-bond donors (Lipinski definition) is 2. The van der Waals surface area contributed by atoms with Crippen LogP contribution in [0.25, 0.3) is 0 Å². The van der Waals surface area contributed by atoms with E-state index in [1.165, 1.54) is 12.8 Å². The molecule has 0 amide bonds. The molecule has 1 aliphatic rings. The summed E-state index contributed by atoms with van der Waals surface area (Å²) < 4.78 is 1.81. The minimum absolute atomic E-state index is 0.425. The molecule has 0 aromatic carbocycles. The first-order valence-electron chi connectivity index (χ1n) is 5.83. The van der Waals surface area contributed by atoms with Crippen LogP contribution in [0, 0.1) is 5.92 Å². The van der Waals surface area contributed by atoms with E-state index in [-0.39, 0.29) is 0 Å². The lowest BCUT2D eigenvalue weighted by Crippen LogP contribution is -2.28. The van der Waals surface area contributed by atoms with Crippen molar-refractivity contribution >= 4 is 0 Å². The lowest BCUT2D eigenvalue weighted by atomic mass is 10.1. The van der Waals surface area contributed by atoms with E-state index in [2.05, 4.69) is 10.3 Å². The van der Waals surface area contributed by atoms with Crippen molar-refractivity contribution in [3.63, 3.8) is 0 Å². The van der Waals surface area contributed by atoms with Crippen LogP contribution >= 0.6 is 0 Å². The number of aliphatic hydroxyl groups is 1. The Hall–Kier alpha value is -0.940. The summed E-state index contributed by atoms with van der Waals surface area (Å²) in [4.78, 5) is 0. The van der Waals surface area contributed by atoms with Gasteiger partial charge in [-0.1, -0.05) is 5.21 Å². The molecule has 0 spiro atoms.